The van der Waals surface area contributed by atoms with Crippen LogP contribution in [-0.4, -0.2) is 18.4 Å². The summed E-state index contributed by atoms with van der Waals surface area (Å²) >= 11 is 5.94. The first-order chi connectivity index (χ1) is 11.0. The van der Waals surface area contributed by atoms with Gasteiger partial charge in [0.05, 0.1) is 12.6 Å². The molecule has 0 spiro atoms. The van der Waals surface area contributed by atoms with Crippen LogP contribution in [0.4, 0.5) is 0 Å². The number of carbonyl (C=O) groups excluding carboxylic acids is 2. The number of rotatable bonds is 5. The largest absolute Gasteiger partial charge is 0.348 e. The normalized spacial score (nSPS) is 11.6. The van der Waals surface area contributed by atoms with Gasteiger partial charge in [-0.25, -0.2) is 0 Å². The summed E-state index contributed by atoms with van der Waals surface area (Å²) in [6.07, 6.45) is 0. The summed E-state index contributed by atoms with van der Waals surface area (Å²) in [4.78, 5) is 23.9. The highest BCUT2D eigenvalue weighted by molar-refractivity contribution is 6.30. The molecule has 0 aliphatic carbocycles. The Labute approximate surface area is 140 Å². The summed E-state index contributed by atoms with van der Waals surface area (Å²) in [7, 11) is 0. The van der Waals surface area contributed by atoms with E-state index in [9.17, 15) is 9.59 Å². The van der Waals surface area contributed by atoms with Crippen LogP contribution in [0.2, 0.25) is 5.02 Å². The Hall–Kier alpha value is -2.33. The van der Waals surface area contributed by atoms with Gasteiger partial charge in [0.1, 0.15) is 0 Å². The molecule has 120 valence electrons. The molecule has 1 atom stereocenters. The van der Waals surface area contributed by atoms with Crippen LogP contribution >= 0.6 is 11.6 Å². The highest BCUT2D eigenvalue weighted by Crippen LogP contribution is 2.17. The Balaban J connectivity index is 1.85. The van der Waals surface area contributed by atoms with E-state index in [-0.39, 0.29) is 24.4 Å². The molecule has 0 aliphatic heterocycles. The third kappa shape index (κ3) is 5.11. The molecule has 23 heavy (non-hydrogen) atoms. The molecular weight excluding hydrogens is 312 g/mol. The number of hydrogen-bond acceptors (Lipinski definition) is 2. The predicted octanol–water partition coefficient (Wildman–Crippen LogP) is 3.26. The highest BCUT2D eigenvalue weighted by atomic mass is 35.5. The zero-order chi connectivity index (χ0) is 16.8. The molecule has 0 aromatic heterocycles. The van der Waals surface area contributed by atoms with Crippen LogP contribution < -0.4 is 10.6 Å². The van der Waals surface area contributed by atoms with Crippen molar-refractivity contribution in [3.8, 4) is 0 Å². The van der Waals surface area contributed by atoms with Gasteiger partial charge in [-0.15, -0.1) is 0 Å². The van der Waals surface area contributed by atoms with Crippen LogP contribution in [0.15, 0.2) is 48.5 Å². The second-order valence-electron chi connectivity index (χ2n) is 5.39. The van der Waals surface area contributed by atoms with Gasteiger partial charge in [-0.2, -0.15) is 0 Å². The Bertz CT molecular complexity index is 698. The average Bonchev–Trinajstić information content (AvgIpc) is 2.53. The molecule has 0 radical (unpaired) electrons. The van der Waals surface area contributed by atoms with E-state index in [0.29, 0.717) is 10.6 Å². The van der Waals surface area contributed by atoms with Gasteiger partial charge in [-0.3, -0.25) is 9.59 Å². The number of amides is 2. The minimum atomic E-state index is -0.268. The van der Waals surface area contributed by atoms with E-state index < -0.39 is 0 Å². The van der Waals surface area contributed by atoms with Crippen LogP contribution in [0, 0.1) is 6.92 Å². The molecule has 0 aliphatic rings. The lowest BCUT2D eigenvalue weighted by atomic mass is 10.1. The lowest BCUT2D eigenvalue weighted by Gasteiger charge is -2.15. The van der Waals surface area contributed by atoms with Crippen molar-refractivity contribution in [1.29, 1.82) is 0 Å². The Morgan fingerprint density at radius 2 is 1.83 bits per heavy atom. The molecule has 0 bridgehead atoms. The van der Waals surface area contributed by atoms with Crippen molar-refractivity contribution in [2.45, 2.75) is 19.9 Å². The maximum atomic E-state index is 12.0. The lowest BCUT2D eigenvalue weighted by Crippen LogP contribution is -2.38. The quantitative estimate of drug-likeness (QED) is 0.884. The molecule has 0 heterocycles. The van der Waals surface area contributed by atoms with Gasteiger partial charge in [0.15, 0.2) is 0 Å². The monoisotopic (exact) mass is 330 g/mol. The standard InChI is InChI=1S/C18H19ClN2O2/c1-12-6-8-14(9-7-12)18(23)20-11-17(22)21-13(2)15-4-3-5-16(19)10-15/h3-10,13H,11H2,1-2H3,(H,20,23)(H,21,22)/t13-/m0/s1. The van der Waals surface area contributed by atoms with Crippen molar-refractivity contribution in [2.75, 3.05) is 6.54 Å². The van der Waals surface area contributed by atoms with E-state index in [0.717, 1.165) is 11.1 Å². The zero-order valence-electron chi connectivity index (χ0n) is 13.1. The first kappa shape index (κ1) is 17.0. The van der Waals surface area contributed by atoms with Gasteiger partial charge < -0.3 is 10.6 Å². The first-order valence-corrected chi connectivity index (χ1v) is 7.73. The molecule has 2 aromatic carbocycles. The average molecular weight is 331 g/mol. The topological polar surface area (TPSA) is 58.2 Å². The Morgan fingerprint density at radius 1 is 1.13 bits per heavy atom. The lowest BCUT2D eigenvalue weighted by molar-refractivity contribution is -0.120. The van der Waals surface area contributed by atoms with Crippen LogP contribution in [0.1, 0.15) is 34.5 Å². The molecule has 2 aromatic rings. The van der Waals surface area contributed by atoms with E-state index in [1.165, 1.54) is 0 Å². The third-order valence-electron chi connectivity index (χ3n) is 3.45. The molecule has 2 amide bonds. The molecule has 4 nitrogen and oxygen atoms in total. The van der Waals surface area contributed by atoms with Gasteiger partial charge in [0.25, 0.3) is 5.91 Å². The molecule has 5 heteroatoms. The van der Waals surface area contributed by atoms with Crippen LogP contribution in [0.5, 0.6) is 0 Å². The van der Waals surface area contributed by atoms with Gasteiger partial charge >= 0.3 is 0 Å². The number of benzene rings is 2. The van der Waals surface area contributed by atoms with E-state index in [2.05, 4.69) is 10.6 Å². The third-order valence-corrected chi connectivity index (χ3v) is 3.68. The summed E-state index contributed by atoms with van der Waals surface area (Å²) in [5.74, 6) is -0.520. The molecule has 0 fully saturated rings. The Kier molecular flexibility index (Phi) is 5.77. The van der Waals surface area contributed by atoms with Crippen LogP contribution in [-0.2, 0) is 4.79 Å². The number of aryl methyl sites for hydroxylation is 1. The second kappa shape index (κ2) is 7.79. The maximum absolute atomic E-state index is 12.0. The molecule has 2 N–H and O–H groups in total. The van der Waals surface area contributed by atoms with E-state index >= 15 is 0 Å². The molecule has 2 rings (SSSR count). The van der Waals surface area contributed by atoms with Gasteiger partial charge in [-0.05, 0) is 43.7 Å². The first-order valence-electron chi connectivity index (χ1n) is 7.35. The predicted molar refractivity (Wildman–Crippen MR) is 91.5 cm³/mol. The Morgan fingerprint density at radius 3 is 2.48 bits per heavy atom. The highest BCUT2D eigenvalue weighted by Gasteiger charge is 2.11. The summed E-state index contributed by atoms with van der Waals surface area (Å²) < 4.78 is 0. The van der Waals surface area contributed by atoms with Gasteiger partial charge in [0.2, 0.25) is 5.91 Å². The van der Waals surface area contributed by atoms with E-state index in [1.54, 1.807) is 24.3 Å². The summed E-state index contributed by atoms with van der Waals surface area (Å²) in [5, 5.41) is 6.06. The summed E-state index contributed by atoms with van der Waals surface area (Å²) in [5.41, 5.74) is 2.52. The van der Waals surface area contributed by atoms with E-state index in [1.807, 2.05) is 38.1 Å². The maximum Gasteiger partial charge on any atom is 0.251 e. The number of halogens is 1. The van der Waals surface area contributed by atoms with Crippen LogP contribution in [0.3, 0.4) is 0 Å². The van der Waals surface area contributed by atoms with Gasteiger partial charge in [0, 0.05) is 10.6 Å². The summed E-state index contributed by atoms with van der Waals surface area (Å²) in [6, 6.07) is 14.3. The van der Waals surface area contributed by atoms with Crippen molar-refractivity contribution in [2.24, 2.45) is 0 Å². The molecular formula is C18H19ClN2O2. The summed E-state index contributed by atoms with van der Waals surface area (Å²) in [6.45, 7) is 3.75. The van der Waals surface area contributed by atoms with Crippen molar-refractivity contribution in [3.63, 3.8) is 0 Å². The van der Waals surface area contributed by atoms with Crippen molar-refractivity contribution >= 4 is 23.4 Å². The van der Waals surface area contributed by atoms with Crippen molar-refractivity contribution in [3.05, 3.63) is 70.2 Å². The van der Waals surface area contributed by atoms with E-state index in [4.69, 9.17) is 11.6 Å². The van der Waals surface area contributed by atoms with Gasteiger partial charge in [-0.1, -0.05) is 41.4 Å². The second-order valence-corrected chi connectivity index (χ2v) is 5.83. The van der Waals surface area contributed by atoms with Crippen molar-refractivity contribution < 1.29 is 9.59 Å². The number of nitrogens with one attached hydrogen (secondary N) is 2. The number of hydrogen-bond donors (Lipinski definition) is 2. The smallest absolute Gasteiger partial charge is 0.251 e. The molecule has 0 saturated carbocycles. The van der Waals surface area contributed by atoms with Crippen LogP contribution in [0.25, 0.3) is 0 Å². The number of carbonyl (C=O) groups is 2. The zero-order valence-corrected chi connectivity index (χ0v) is 13.9. The van der Waals surface area contributed by atoms with Crippen molar-refractivity contribution in [1.82, 2.24) is 10.6 Å². The molecule has 0 unspecified atom stereocenters. The fourth-order valence-corrected chi connectivity index (χ4v) is 2.32. The fourth-order valence-electron chi connectivity index (χ4n) is 2.12. The minimum absolute atomic E-state index is 0.0718. The minimum Gasteiger partial charge on any atom is -0.348 e. The SMILES string of the molecule is Cc1ccc(C(=O)NCC(=O)N[C@@H](C)c2cccc(Cl)c2)cc1. The molecule has 0 saturated heterocycles. The fraction of sp³-hybridized carbons (Fsp3) is 0.222.